The van der Waals surface area contributed by atoms with E-state index < -0.39 is 27.5 Å². The summed E-state index contributed by atoms with van der Waals surface area (Å²) in [4.78, 5) is 29.0. The number of nitrogens with zero attached hydrogens (tertiary/aromatic N) is 6. The summed E-state index contributed by atoms with van der Waals surface area (Å²) in [6.07, 6.45) is 5.66. The van der Waals surface area contributed by atoms with Crippen LogP contribution >= 0.6 is 0 Å². The fourth-order valence-electron chi connectivity index (χ4n) is 5.98. The Balaban J connectivity index is 1.51. The number of amides is 1. The van der Waals surface area contributed by atoms with Crippen molar-refractivity contribution >= 4 is 21.5 Å². The Hall–Kier alpha value is -4.19. The van der Waals surface area contributed by atoms with Crippen LogP contribution in [-0.4, -0.2) is 58.3 Å². The maximum atomic E-state index is 14.7. The third-order valence-corrected chi connectivity index (χ3v) is 9.67. The van der Waals surface area contributed by atoms with Crippen molar-refractivity contribution in [3.63, 3.8) is 0 Å². The SMILES string of the molecule is Cc1cc(-n2nc3c(c2-n2ccn(-c4ccc5c(c4)CCS(C)(=O)=N5)c2=O)[C@H](C)N(C(=O)OC(C)(C)C)CC3)cc(C)c1F. The Labute approximate surface area is 256 Å². The van der Waals surface area contributed by atoms with Crippen molar-refractivity contribution in [1.82, 2.24) is 23.8 Å². The summed E-state index contributed by atoms with van der Waals surface area (Å²) in [5.41, 5.74) is 4.29. The Morgan fingerprint density at radius 3 is 2.41 bits per heavy atom. The lowest BCUT2D eigenvalue weighted by atomic mass is 10.00. The summed E-state index contributed by atoms with van der Waals surface area (Å²) in [7, 11) is -2.25. The number of benzene rings is 2. The average molecular weight is 621 g/mol. The van der Waals surface area contributed by atoms with E-state index >= 15 is 0 Å². The van der Waals surface area contributed by atoms with E-state index in [-0.39, 0.29) is 11.5 Å². The van der Waals surface area contributed by atoms with E-state index in [1.807, 2.05) is 33.8 Å². The van der Waals surface area contributed by atoms with Gasteiger partial charge in [0.2, 0.25) is 0 Å². The van der Waals surface area contributed by atoms with Crippen molar-refractivity contribution in [2.45, 2.75) is 66.0 Å². The number of carbonyl (C=O) groups is 1. The van der Waals surface area contributed by atoms with Gasteiger partial charge in [0.1, 0.15) is 17.2 Å². The number of hydrogen-bond acceptors (Lipinski definition) is 6. The van der Waals surface area contributed by atoms with Crippen molar-refractivity contribution < 1.29 is 18.1 Å². The Bertz CT molecular complexity index is 1980. The summed E-state index contributed by atoms with van der Waals surface area (Å²) in [6, 6.07) is 8.47. The molecular formula is C32H37FN6O4S. The predicted molar refractivity (Wildman–Crippen MR) is 168 cm³/mol. The monoisotopic (exact) mass is 620 g/mol. The number of carbonyl (C=O) groups excluding carboxylic acids is 1. The van der Waals surface area contributed by atoms with E-state index in [1.165, 1.54) is 4.57 Å². The van der Waals surface area contributed by atoms with E-state index in [4.69, 9.17) is 9.84 Å². The third kappa shape index (κ3) is 5.25. The zero-order valence-electron chi connectivity index (χ0n) is 26.0. The number of ether oxygens (including phenoxy) is 1. The standard InChI is InChI=1S/C32H37FN6O4S/c1-19-16-24(17-20(2)28(19)33)39-29(27-21(3)36(12-10-26(27)34-39)31(41)43-32(4,5)6)38-14-13-37(30(38)40)23-8-9-25-22(18-23)11-15-44(7,42)35-25/h8-9,13-14,16-18,21H,10-12,15H2,1-7H3/t21-,44?/m0/s1. The molecule has 12 heteroatoms. The molecular weight excluding hydrogens is 583 g/mol. The average Bonchev–Trinajstić information content (AvgIpc) is 3.50. The minimum Gasteiger partial charge on any atom is -0.444 e. The van der Waals surface area contributed by atoms with Crippen molar-refractivity contribution in [2.24, 2.45) is 4.36 Å². The summed E-state index contributed by atoms with van der Waals surface area (Å²) in [5.74, 6) is 0.652. The molecule has 4 heterocycles. The molecule has 2 atom stereocenters. The fourth-order valence-corrected chi connectivity index (χ4v) is 7.26. The Kier molecular flexibility index (Phi) is 7.10. The van der Waals surface area contributed by atoms with Crippen molar-refractivity contribution in [3.8, 4) is 17.2 Å². The van der Waals surface area contributed by atoms with Gasteiger partial charge in [-0.05, 0) is 95.0 Å². The van der Waals surface area contributed by atoms with Gasteiger partial charge in [0.05, 0.1) is 28.8 Å². The molecule has 2 aromatic carbocycles. The normalized spacial score (nSPS) is 19.7. The highest BCUT2D eigenvalue weighted by molar-refractivity contribution is 7.93. The number of imidazole rings is 1. The second-order valence-electron chi connectivity index (χ2n) is 12.7. The van der Waals surface area contributed by atoms with Crippen LogP contribution in [0.5, 0.6) is 0 Å². The summed E-state index contributed by atoms with van der Waals surface area (Å²) in [5, 5.41) is 4.93. The zero-order valence-corrected chi connectivity index (χ0v) is 26.9. The Morgan fingerprint density at radius 2 is 1.73 bits per heavy atom. The maximum absolute atomic E-state index is 14.7. The van der Waals surface area contributed by atoms with E-state index in [0.29, 0.717) is 59.1 Å². The molecule has 1 amide bonds. The molecule has 2 aromatic heterocycles. The molecule has 0 aliphatic carbocycles. The summed E-state index contributed by atoms with van der Waals surface area (Å²) < 4.78 is 42.0. The first-order valence-electron chi connectivity index (χ1n) is 14.7. The molecule has 0 spiro atoms. The quantitative estimate of drug-likeness (QED) is 0.292. The number of hydrogen-bond donors (Lipinski definition) is 0. The van der Waals surface area contributed by atoms with Gasteiger partial charge in [-0.1, -0.05) is 0 Å². The minimum atomic E-state index is -2.25. The first-order chi connectivity index (χ1) is 20.6. The molecule has 2 aliphatic heterocycles. The lowest BCUT2D eigenvalue weighted by molar-refractivity contribution is 0.0159. The van der Waals surface area contributed by atoms with Crippen LogP contribution in [0.4, 0.5) is 14.9 Å². The van der Waals surface area contributed by atoms with Crippen LogP contribution < -0.4 is 5.69 Å². The zero-order chi connectivity index (χ0) is 31.7. The van der Waals surface area contributed by atoms with Crippen LogP contribution in [0.3, 0.4) is 0 Å². The largest absolute Gasteiger partial charge is 0.444 e. The first-order valence-corrected chi connectivity index (χ1v) is 16.7. The van der Waals surface area contributed by atoms with Crippen LogP contribution in [0.2, 0.25) is 0 Å². The number of rotatable bonds is 3. The highest BCUT2D eigenvalue weighted by Gasteiger charge is 2.37. The highest BCUT2D eigenvalue weighted by atomic mass is 32.2. The van der Waals surface area contributed by atoms with E-state index in [0.717, 1.165) is 16.8 Å². The molecule has 0 saturated heterocycles. The van der Waals surface area contributed by atoms with Gasteiger partial charge in [-0.25, -0.2) is 22.9 Å². The lowest BCUT2D eigenvalue weighted by Crippen LogP contribution is -2.42. The molecule has 1 unspecified atom stereocenters. The lowest BCUT2D eigenvalue weighted by Gasteiger charge is -2.34. The van der Waals surface area contributed by atoms with Gasteiger partial charge in [-0.3, -0.25) is 9.13 Å². The number of fused-ring (bicyclic) bond motifs is 2. The van der Waals surface area contributed by atoms with E-state index in [2.05, 4.69) is 4.36 Å². The Morgan fingerprint density at radius 1 is 1.05 bits per heavy atom. The molecule has 4 aromatic rings. The van der Waals surface area contributed by atoms with Crippen molar-refractivity contribution in [3.05, 3.63) is 87.0 Å². The van der Waals surface area contributed by atoms with Crippen LogP contribution in [0.15, 0.2) is 51.9 Å². The van der Waals surface area contributed by atoms with Crippen molar-refractivity contribution in [2.75, 3.05) is 18.6 Å². The first kappa shape index (κ1) is 29.9. The second kappa shape index (κ2) is 10.5. The van der Waals surface area contributed by atoms with Gasteiger partial charge in [0.15, 0.2) is 0 Å². The second-order valence-corrected chi connectivity index (χ2v) is 15.2. The smallest absolute Gasteiger partial charge is 0.410 e. The van der Waals surface area contributed by atoms with Gasteiger partial charge < -0.3 is 9.64 Å². The van der Waals surface area contributed by atoms with E-state index in [9.17, 15) is 18.2 Å². The fraction of sp³-hybridized carbons (Fsp3) is 0.406. The molecule has 0 bridgehead atoms. The van der Waals surface area contributed by atoms with Gasteiger partial charge in [-0.15, -0.1) is 0 Å². The van der Waals surface area contributed by atoms with Crippen LogP contribution in [0.1, 0.15) is 61.7 Å². The van der Waals surface area contributed by atoms with Crippen LogP contribution in [0.25, 0.3) is 17.2 Å². The molecule has 0 fully saturated rings. The predicted octanol–water partition coefficient (Wildman–Crippen LogP) is 5.71. The molecule has 44 heavy (non-hydrogen) atoms. The summed E-state index contributed by atoms with van der Waals surface area (Å²) >= 11 is 0. The molecule has 0 radical (unpaired) electrons. The third-order valence-electron chi connectivity index (χ3n) is 8.13. The van der Waals surface area contributed by atoms with Gasteiger partial charge >= 0.3 is 11.8 Å². The molecule has 10 nitrogen and oxygen atoms in total. The molecule has 0 N–H and O–H groups in total. The van der Waals surface area contributed by atoms with Gasteiger partial charge in [0.25, 0.3) is 0 Å². The maximum Gasteiger partial charge on any atom is 0.410 e. The number of aryl methyl sites for hydroxylation is 3. The number of halogens is 1. The van der Waals surface area contributed by atoms with Crippen molar-refractivity contribution in [1.29, 1.82) is 0 Å². The van der Waals surface area contributed by atoms with Crippen LogP contribution in [-0.2, 0) is 27.3 Å². The highest BCUT2D eigenvalue weighted by Crippen LogP contribution is 2.36. The van der Waals surface area contributed by atoms with Crippen LogP contribution in [0, 0.1) is 19.7 Å². The summed E-state index contributed by atoms with van der Waals surface area (Å²) in [6.45, 7) is 11.2. The number of aromatic nitrogens is 4. The molecule has 2 aliphatic rings. The molecule has 232 valence electrons. The molecule has 6 rings (SSSR count). The topological polar surface area (TPSA) is 104 Å². The minimum absolute atomic E-state index is 0.293. The van der Waals surface area contributed by atoms with Gasteiger partial charge in [-0.2, -0.15) is 9.46 Å². The van der Waals surface area contributed by atoms with Gasteiger partial charge in [0, 0.05) is 52.7 Å². The van der Waals surface area contributed by atoms with E-state index in [1.54, 1.807) is 70.9 Å². The molecule has 0 saturated carbocycles.